The summed E-state index contributed by atoms with van der Waals surface area (Å²) in [6, 6.07) is 4.58. The molecule has 0 saturated heterocycles. The molecule has 3 amide bonds. The number of benzene rings is 1. The number of hydrogen-bond donors (Lipinski definition) is 4. The Morgan fingerprint density at radius 3 is 2.52 bits per heavy atom. The fourth-order valence-corrected chi connectivity index (χ4v) is 2.13. The Balaban J connectivity index is 2.48. The fourth-order valence-electron chi connectivity index (χ4n) is 1.96. The van der Waals surface area contributed by atoms with E-state index >= 15 is 0 Å². The Labute approximate surface area is 135 Å². The quantitative estimate of drug-likeness (QED) is 0.677. The Kier molecular flexibility index (Phi) is 4.20. The van der Waals surface area contributed by atoms with Crippen LogP contribution in [0.5, 0.6) is 0 Å². The third-order valence-corrected chi connectivity index (χ3v) is 3.33. The molecule has 5 N–H and O–H groups in total. The van der Waals surface area contributed by atoms with Crippen molar-refractivity contribution in [3.05, 3.63) is 29.0 Å². The van der Waals surface area contributed by atoms with E-state index in [0.717, 1.165) is 0 Å². The van der Waals surface area contributed by atoms with Crippen LogP contribution >= 0.6 is 11.6 Å². The number of carbonyl (C=O) groups is 3. The molecule has 23 heavy (non-hydrogen) atoms. The molecule has 0 unspecified atom stereocenters. The fraction of sp³-hybridized carbons (Fsp3) is 0.214. The molecular formula is C14H14ClN3O5. The second kappa shape index (κ2) is 5.81. The molecule has 0 saturated carbocycles. The van der Waals surface area contributed by atoms with Crippen molar-refractivity contribution in [2.45, 2.75) is 19.4 Å². The van der Waals surface area contributed by atoms with Gasteiger partial charge >= 0.3 is 6.09 Å². The average Bonchev–Trinajstić information content (AvgIpc) is 2.75. The summed E-state index contributed by atoms with van der Waals surface area (Å²) < 4.78 is 5.33. The van der Waals surface area contributed by atoms with Crippen molar-refractivity contribution < 1.29 is 23.9 Å². The summed E-state index contributed by atoms with van der Waals surface area (Å²) in [4.78, 5) is 34.6. The van der Waals surface area contributed by atoms with Crippen LogP contribution in [0.3, 0.4) is 0 Å². The summed E-state index contributed by atoms with van der Waals surface area (Å²) in [5.41, 5.74) is 4.16. The molecule has 0 aliphatic rings. The Morgan fingerprint density at radius 2 is 1.96 bits per heavy atom. The van der Waals surface area contributed by atoms with E-state index in [1.165, 1.54) is 26.0 Å². The van der Waals surface area contributed by atoms with Gasteiger partial charge in [-0.1, -0.05) is 11.6 Å². The van der Waals surface area contributed by atoms with Gasteiger partial charge < -0.3 is 25.9 Å². The Bertz CT molecular complexity index is 812. The van der Waals surface area contributed by atoms with E-state index in [2.05, 4.69) is 10.6 Å². The van der Waals surface area contributed by atoms with Crippen molar-refractivity contribution in [3.8, 4) is 0 Å². The lowest BCUT2D eigenvalue weighted by atomic mass is 10.0. The number of fused-ring (bicyclic) bond motifs is 1. The number of nitrogens with two attached hydrogens (primary N) is 1. The van der Waals surface area contributed by atoms with Crippen LogP contribution < -0.4 is 16.4 Å². The van der Waals surface area contributed by atoms with Crippen LogP contribution in [0.4, 0.5) is 10.5 Å². The number of carboxylic acid groups (broad SMARTS) is 1. The zero-order valence-corrected chi connectivity index (χ0v) is 13.0. The largest absolute Gasteiger partial charge is 0.465 e. The van der Waals surface area contributed by atoms with Gasteiger partial charge in [0, 0.05) is 10.4 Å². The lowest BCUT2D eigenvalue weighted by Gasteiger charge is -2.23. The number of primary amides is 1. The first-order valence-corrected chi connectivity index (χ1v) is 6.84. The molecule has 0 radical (unpaired) electrons. The number of hydrogen-bond acceptors (Lipinski definition) is 4. The van der Waals surface area contributed by atoms with Crippen molar-refractivity contribution in [2.24, 2.45) is 5.73 Å². The van der Waals surface area contributed by atoms with Gasteiger partial charge in [0.1, 0.15) is 16.8 Å². The average molecular weight is 340 g/mol. The van der Waals surface area contributed by atoms with E-state index in [1.807, 2.05) is 0 Å². The van der Waals surface area contributed by atoms with E-state index in [1.54, 1.807) is 6.07 Å². The highest BCUT2D eigenvalue weighted by Crippen LogP contribution is 2.33. The highest BCUT2D eigenvalue weighted by atomic mass is 35.5. The van der Waals surface area contributed by atoms with Crippen LogP contribution in [-0.4, -0.2) is 28.6 Å². The second-order valence-electron chi connectivity index (χ2n) is 5.32. The van der Waals surface area contributed by atoms with Gasteiger partial charge in [0.25, 0.3) is 5.91 Å². The van der Waals surface area contributed by atoms with E-state index in [9.17, 15) is 14.4 Å². The molecule has 0 fully saturated rings. The van der Waals surface area contributed by atoms with Crippen molar-refractivity contribution in [1.29, 1.82) is 0 Å². The third kappa shape index (κ3) is 3.37. The van der Waals surface area contributed by atoms with Gasteiger partial charge in [0.15, 0.2) is 0 Å². The van der Waals surface area contributed by atoms with E-state index in [4.69, 9.17) is 26.9 Å². The maximum atomic E-state index is 12.3. The molecule has 122 valence electrons. The van der Waals surface area contributed by atoms with Gasteiger partial charge in [-0.2, -0.15) is 0 Å². The third-order valence-electron chi connectivity index (χ3n) is 3.10. The van der Waals surface area contributed by atoms with Crippen LogP contribution in [0.1, 0.15) is 24.4 Å². The van der Waals surface area contributed by atoms with Crippen molar-refractivity contribution >= 4 is 46.2 Å². The summed E-state index contributed by atoms with van der Waals surface area (Å²) in [7, 11) is 0. The summed E-state index contributed by atoms with van der Waals surface area (Å²) in [6.45, 7) is 2.74. The monoisotopic (exact) mass is 339 g/mol. The molecule has 1 aromatic heterocycles. The van der Waals surface area contributed by atoms with Gasteiger partial charge in [0.2, 0.25) is 11.7 Å². The Morgan fingerprint density at radius 1 is 1.30 bits per heavy atom. The van der Waals surface area contributed by atoms with Crippen LogP contribution in [0, 0.1) is 0 Å². The van der Waals surface area contributed by atoms with E-state index < -0.39 is 23.4 Å². The molecule has 1 heterocycles. The smallest absolute Gasteiger partial charge is 0.405 e. The van der Waals surface area contributed by atoms with Gasteiger partial charge in [0.05, 0.1) is 0 Å². The van der Waals surface area contributed by atoms with Gasteiger partial charge in [-0.3, -0.25) is 9.59 Å². The topological polar surface area (TPSA) is 135 Å². The predicted octanol–water partition coefficient (Wildman–Crippen LogP) is 2.17. The van der Waals surface area contributed by atoms with E-state index in [-0.39, 0.29) is 11.4 Å². The summed E-state index contributed by atoms with van der Waals surface area (Å²) in [6.07, 6.45) is -1.36. The zero-order valence-electron chi connectivity index (χ0n) is 12.3. The van der Waals surface area contributed by atoms with Crippen molar-refractivity contribution in [1.82, 2.24) is 5.32 Å². The number of nitrogens with one attached hydrogen (secondary N) is 2. The maximum absolute atomic E-state index is 12.3. The maximum Gasteiger partial charge on any atom is 0.405 e. The molecule has 0 atom stereocenters. The summed E-state index contributed by atoms with van der Waals surface area (Å²) in [5.74, 6) is -1.82. The van der Waals surface area contributed by atoms with Crippen LogP contribution in [-0.2, 0) is 4.79 Å². The molecule has 0 bridgehead atoms. The molecule has 0 aliphatic carbocycles. The highest BCUT2D eigenvalue weighted by molar-refractivity contribution is 6.31. The number of rotatable bonds is 4. The first-order valence-electron chi connectivity index (χ1n) is 6.46. The van der Waals surface area contributed by atoms with Gasteiger partial charge in [-0.25, -0.2) is 4.79 Å². The molecule has 9 heteroatoms. The van der Waals surface area contributed by atoms with Gasteiger partial charge in [-0.05, 0) is 32.0 Å². The summed E-state index contributed by atoms with van der Waals surface area (Å²) >= 11 is 5.91. The van der Waals surface area contributed by atoms with Crippen molar-refractivity contribution in [2.75, 3.05) is 5.32 Å². The molecule has 2 rings (SSSR count). The number of halogens is 1. The Hall–Kier alpha value is -2.74. The van der Waals surface area contributed by atoms with E-state index in [0.29, 0.717) is 16.0 Å². The minimum absolute atomic E-state index is 0.0419. The predicted molar refractivity (Wildman–Crippen MR) is 83.6 cm³/mol. The molecule has 0 aliphatic heterocycles. The SMILES string of the molecule is CC(C)(NC(=O)O)C(=O)Nc1c(C(N)=O)oc2ccc(Cl)cc12. The molecule has 2 aromatic rings. The number of amides is 3. The van der Waals surface area contributed by atoms with Crippen LogP contribution in [0.25, 0.3) is 11.0 Å². The highest BCUT2D eigenvalue weighted by Gasteiger charge is 2.32. The summed E-state index contributed by atoms with van der Waals surface area (Å²) in [5, 5.41) is 14.1. The molecular weight excluding hydrogens is 326 g/mol. The normalized spacial score (nSPS) is 11.3. The standard InChI is InChI=1S/C14H14ClN3O5/c1-14(2,18-13(21)22)12(20)17-9-7-5-6(15)3-4-8(7)23-10(9)11(16)19/h3-5,18H,1-2H3,(H2,16,19)(H,17,20)(H,21,22). The number of anilines is 1. The minimum Gasteiger partial charge on any atom is -0.465 e. The van der Waals surface area contributed by atoms with Crippen LogP contribution in [0.2, 0.25) is 5.02 Å². The molecule has 8 nitrogen and oxygen atoms in total. The van der Waals surface area contributed by atoms with Gasteiger partial charge in [-0.15, -0.1) is 0 Å². The van der Waals surface area contributed by atoms with Crippen molar-refractivity contribution in [3.63, 3.8) is 0 Å². The lowest BCUT2D eigenvalue weighted by Crippen LogP contribution is -2.52. The molecule has 0 spiro atoms. The first kappa shape index (κ1) is 16.6. The zero-order chi connectivity index (χ0) is 17.4. The minimum atomic E-state index is -1.44. The number of carbonyl (C=O) groups excluding carboxylic acids is 2. The lowest BCUT2D eigenvalue weighted by molar-refractivity contribution is -0.121. The second-order valence-corrected chi connectivity index (χ2v) is 5.76. The first-order chi connectivity index (χ1) is 10.6. The number of furan rings is 1. The van der Waals surface area contributed by atoms with Crippen LogP contribution in [0.15, 0.2) is 22.6 Å². The molecule has 1 aromatic carbocycles.